The molecule has 0 fully saturated rings. The van der Waals surface area contributed by atoms with E-state index in [1.54, 1.807) is 7.11 Å². The smallest absolute Gasteiger partial charge is 0.191 e. The van der Waals surface area contributed by atoms with Crippen LogP contribution in [0, 0.1) is 0 Å². The van der Waals surface area contributed by atoms with E-state index in [4.69, 9.17) is 4.74 Å². The minimum absolute atomic E-state index is 0.713. The van der Waals surface area contributed by atoms with Gasteiger partial charge in [-0.15, -0.1) is 6.58 Å². The predicted molar refractivity (Wildman–Crippen MR) is 80.9 cm³/mol. The standard InChI is InChI=1S/C15H23N3O/c1-4-10-17-15(16-5-2)18-11-9-13-7-6-8-14(12-13)19-3/h4,6-8,12H,1,5,9-11H2,2-3H3,(H2,16,17,18). The van der Waals surface area contributed by atoms with Crippen molar-refractivity contribution in [2.75, 3.05) is 26.7 Å². The average Bonchev–Trinajstić information content (AvgIpc) is 2.45. The molecule has 0 bridgehead atoms. The van der Waals surface area contributed by atoms with Crippen molar-refractivity contribution in [3.05, 3.63) is 42.5 Å². The van der Waals surface area contributed by atoms with Crippen molar-refractivity contribution in [3.63, 3.8) is 0 Å². The second kappa shape index (κ2) is 9.03. The van der Waals surface area contributed by atoms with Crippen molar-refractivity contribution in [2.24, 2.45) is 4.99 Å². The lowest BCUT2D eigenvalue weighted by atomic mass is 10.1. The van der Waals surface area contributed by atoms with Crippen LogP contribution in [0.15, 0.2) is 41.9 Å². The van der Waals surface area contributed by atoms with Gasteiger partial charge in [0.15, 0.2) is 5.96 Å². The lowest BCUT2D eigenvalue weighted by Gasteiger charge is -2.09. The Morgan fingerprint density at radius 2 is 2.26 bits per heavy atom. The lowest BCUT2D eigenvalue weighted by molar-refractivity contribution is 0.414. The molecule has 19 heavy (non-hydrogen) atoms. The summed E-state index contributed by atoms with van der Waals surface area (Å²) in [5.41, 5.74) is 1.22. The van der Waals surface area contributed by atoms with Gasteiger partial charge in [-0.2, -0.15) is 0 Å². The van der Waals surface area contributed by atoms with Crippen molar-refractivity contribution in [1.29, 1.82) is 0 Å². The average molecular weight is 261 g/mol. The van der Waals surface area contributed by atoms with Gasteiger partial charge in [-0.1, -0.05) is 18.2 Å². The minimum atomic E-state index is 0.713. The minimum Gasteiger partial charge on any atom is -0.497 e. The summed E-state index contributed by atoms with van der Waals surface area (Å²) < 4.78 is 5.20. The van der Waals surface area contributed by atoms with Gasteiger partial charge in [-0.3, -0.25) is 4.99 Å². The van der Waals surface area contributed by atoms with E-state index >= 15 is 0 Å². The molecule has 0 atom stereocenters. The number of hydrogen-bond donors (Lipinski definition) is 2. The zero-order chi connectivity index (χ0) is 13.9. The molecule has 0 spiro atoms. The van der Waals surface area contributed by atoms with Crippen molar-refractivity contribution in [1.82, 2.24) is 10.6 Å². The second-order valence-electron chi connectivity index (χ2n) is 4.03. The van der Waals surface area contributed by atoms with E-state index in [1.165, 1.54) is 5.56 Å². The van der Waals surface area contributed by atoms with Crippen molar-refractivity contribution >= 4 is 5.96 Å². The molecule has 2 N–H and O–H groups in total. The number of nitrogens with one attached hydrogen (secondary N) is 2. The van der Waals surface area contributed by atoms with Crippen LogP contribution in [0.1, 0.15) is 12.5 Å². The number of methoxy groups -OCH3 is 1. The molecule has 0 unspecified atom stereocenters. The van der Waals surface area contributed by atoms with Gasteiger partial charge < -0.3 is 15.4 Å². The molecule has 0 saturated carbocycles. The molecule has 0 heterocycles. The number of guanidine groups is 1. The molecule has 4 heteroatoms. The van der Waals surface area contributed by atoms with E-state index in [0.717, 1.165) is 31.2 Å². The molecule has 104 valence electrons. The number of hydrogen-bond acceptors (Lipinski definition) is 2. The van der Waals surface area contributed by atoms with Gasteiger partial charge in [-0.05, 0) is 31.0 Å². The predicted octanol–water partition coefficient (Wildman–Crippen LogP) is 1.98. The van der Waals surface area contributed by atoms with Crippen LogP contribution in [-0.2, 0) is 6.42 Å². The van der Waals surface area contributed by atoms with Gasteiger partial charge in [0, 0.05) is 19.6 Å². The molecule has 0 saturated heterocycles. The summed E-state index contributed by atoms with van der Waals surface area (Å²) in [5, 5.41) is 6.37. The molecule has 0 aromatic heterocycles. The van der Waals surface area contributed by atoms with Gasteiger partial charge in [-0.25, -0.2) is 0 Å². The number of ether oxygens (including phenoxy) is 1. The zero-order valence-corrected chi connectivity index (χ0v) is 11.8. The van der Waals surface area contributed by atoms with Crippen LogP contribution in [0.3, 0.4) is 0 Å². The summed E-state index contributed by atoms with van der Waals surface area (Å²) in [6, 6.07) is 8.07. The van der Waals surface area contributed by atoms with E-state index in [2.05, 4.69) is 28.3 Å². The fraction of sp³-hybridized carbons (Fsp3) is 0.400. The summed E-state index contributed by atoms with van der Waals surface area (Å²) in [4.78, 5) is 4.51. The number of aliphatic imine (C=N–C) groups is 1. The first-order valence-electron chi connectivity index (χ1n) is 6.56. The number of nitrogens with zero attached hydrogens (tertiary/aromatic N) is 1. The second-order valence-corrected chi connectivity index (χ2v) is 4.03. The van der Waals surface area contributed by atoms with E-state index in [0.29, 0.717) is 6.54 Å². The highest BCUT2D eigenvalue weighted by Crippen LogP contribution is 2.12. The molecule has 0 aliphatic heterocycles. The Kier molecular flexibility index (Phi) is 7.17. The maximum atomic E-state index is 5.20. The molecular formula is C15H23N3O. The van der Waals surface area contributed by atoms with E-state index in [1.807, 2.05) is 31.2 Å². The van der Waals surface area contributed by atoms with Crippen LogP contribution < -0.4 is 15.4 Å². The van der Waals surface area contributed by atoms with Gasteiger partial charge in [0.1, 0.15) is 5.75 Å². The fourth-order valence-corrected chi connectivity index (χ4v) is 1.64. The first-order chi connectivity index (χ1) is 9.30. The van der Waals surface area contributed by atoms with Crippen LogP contribution in [0.25, 0.3) is 0 Å². The monoisotopic (exact) mass is 261 g/mol. The molecule has 1 aromatic rings. The summed E-state index contributed by atoms with van der Waals surface area (Å²) in [7, 11) is 1.68. The van der Waals surface area contributed by atoms with Gasteiger partial charge >= 0.3 is 0 Å². The highest BCUT2D eigenvalue weighted by atomic mass is 16.5. The molecule has 0 aliphatic carbocycles. The van der Waals surface area contributed by atoms with Gasteiger partial charge in [0.2, 0.25) is 0 Å². The molecule has 1 rings (SSSR count). The highest BCUT2D eigenvalue weighted by Gasteiger charge is 1.97. The maximum Gasteiger partial charge on any atom is 0.191 e. The third kappa shape index (κ3) is 5.95. The summed E-state index contributed by atoms with van der Waals surface area (Å²) >= 11 is 0. The normalized spacial score (nSPS) is 10.9. The Hall–Kier alpha value is -1.97. The molecule has 0 amide bonds. The van der Waals surface area contributed by atoms with E-state index < -0.39 is 0 Å². The first-order valence-corrected chi connectivity index (χ1v) is 6.56. The summed E-state index contributed by atoms with van der Waals surface area (Å²) in [6.07, 6.45) is 2.71. The zero-order valence-electron chi connectivity index (χ0n) is 11.8. The van der Waals surface area contributed by atoms with Crippen LogP contribution >= 0.6 is 0 Å². The van der Waals surface area contributed by atoms with Crippen molar-refractivity contribution in [2.45, 2.75) is 13.3 Å². The Bertz CT molecular complexity index is 416. The van der Waals surface area contributed by atoms with Crippen LogP contribution in [-0.4, -0.2) is 32.7 Å². The van der Waals surface area contributed by atoms with Crippen LogP contribution in [0.5, 0.6) is 5.75 Å². The van der Waals surface area contributed by atoms with E-state index in [-0.39, 0.29) is 0 Å². The van der Waals surface area contributed by atoms with E-state index in [9.17, 15) is 0 Å². The highest BCUT2D eigenvalue weighted by molar-refractivity contribution is 5.79. The fourth-order valence-electron chi connectivity index (χ4n) is 1.64. The largest absolute Gasteiger partial charge is 0.497 e. The molecular weight excluding hydrogens is 238 g/mol. The first kappa shape index (κ1) is 15.1. The van der Waals surface area contributed by atoms with Gasteiger partial charge in [0.25, 0.3) is 0 Å². The van der Waals surface area contributed by atoms with Gasteiger partial charge in [0.05, 0.1) is 7.11 Å². The summed E-state index contributed by atoms with van der Waals surface area (Å²) in [5.74, 6) is 1.71. The Morgan fingerprint density at radius 1 is 1.42 bits per heavy atom. The quantitative estimate of drug-likeness (QED) is 0.448. The number of rotatable bonds is 7. The Morgan fingerprint density at radius 3 is 2.95 bits per heavy atom. The molecule has 0 aliphatic rings. The van der Waals surface area contributed by atoms with Crippen molar-refractivity contribution in [3.8, 4) is 5.75 Å². The number of benzene rings is 1. The SMILES string of the molecule is C=CCNC(=NCCc1cccc(OC)c1)NCC. The third-order valence-electron chi connectivity index (χ3n) is 2.56. The van der Waals surface area contributed by atoms with Crippen LogP contribution in [0.2, 0.25) is 0 Å². The van der Waals surface area contributed by atoms with Crippen LogP contribution in [0.4, 0.5) is 0 Å². The lowest BCUT2D eigenvalue weighted by Crippen LogP contribution is -2.37. The molecule has 0 radical (unpaired) electrons. The molecule has 4 nitrogen and oxygen atoms in total. The summed E-state index contributed by atoms with van der Waals surface area (Å²) in [6.45, 7) is 8.03. The molecule has 1 aromatic carbocycles. The maximum absolute atomic E-state index is 5.20. The third-order valence-corrected chi connectivity index (χ3v) is 2.56. The van der Waals surface area contributed by atoms with Crippen molar-refractivity contribution < 1.29 is 4.74 Å². The topological polar surface area (TPSA) is 45.7 Å². The Balaban J connectivity index is 2.50. The Labute approximate surface area is 115 Å².